The normalized spacial score (nSPS) is 13.0. The van der Waals surface area contributed by atoms with E-state index in [1.165, 1.54) is 6.07 Å². The Bertz CT molecular complexity index is 535. The minimum atomic E-state index is -4.66. The quantitative estimate of drug-likeness (QED) is 0.826. The van der Waals surface area contributed by atoms with Gasteiger partial charge in [-0.05, 0) is 53.7 Å². The third-order valence-electron chi connectivity index (χ3n) is 1.97. The van der Waals surface area contributed by atoms with Gasteiger partial charge in [0, 0.05) is 6.07 Å². The molecule has 1 aromatic carbocycles. The van der Waals surface area contributed by atoms with E-state index >= 15 is 0 Å². The molecule has 0 aliphatic rings. The molecule has 7 heteroatoms. The van der Waals surface area contributed by atoms with Crippen molar-refractivity contribution in [3.8, 4) is 17.2 Å². The summed E-state index contributed by atoms with van der Waals surface area (Å²) in [6.45, 7) is 11.2. The lowest BCUT2D eigenvalue weighted by Gasteiger charge is -2.25. The molecule has 0 aromatic heterocycles. The fraction of sp³-hybridized carbons (Fsp3) is 0.571. The molecule has 0 aliphatic heterocycles. The Morgan fingerprint density at radius 3 is 1.86 bits per heavy atom. The summed E-state index contributed by atoms with van der Waals surface area (Å²) in [4.78, 5) is 17.9. The molecule has 0 radical (unpaired) electrons. The smallest absolute Gasteiger partial charge is 0.488 e. The largest absolute Gasteiger partial charge is 0.524 e. The van der Waals surface area contributed by atoms with Gasteiger partial charge in [0.05, 0.1) is 0 Å². The Kier molecular flexibility index (Phi) is 4.98. The molecule has 0 saturated heterocycles. The molecule has 0 unspecified atom stereocenters. The standard InChI is InChI=1S/C14H23O6P/c1-13(2,3)18-10-7-8-11(20-21(15,16)17)12(9-10)19-14(4,5)6/h7-9H,1-6H3,(H2,15,16,17). The minimum absolute atomic E-state index is 0.0282. The first-order valence-corrected chi connectivity index (χ1v) is 8.05. The van der Waals surface area contributed by atoms with E-state index in [-0.39, 0.29) is 11.5 Å². The van der Waals surface area contributed by atoms with Crippen LogP contribution < -0.4 is 14.0 Å². The summed E-state index contributed by atoms with van der Waals surface area (Å²) in [7, 11) is -4.66. The summed E-state index contributed by atoms with van der Waals surface area (Å²) < 4.78 is 27.1. The van der Waals surface area contributed by atoms with Gasteiger partial charge in [0.2, 0.25) is 0 Å². The van der Waals surface area contributed by atoms with Crippen LogP contribution in [-0.2, 0) is 4.57 Å². The van der Waals surface area contributed by atoms with E-state index in [0.717, 1.165) is 0 Å². The first-order chi connectivity index (χ1) is 9.25. The van der Waals surface area contributed by atoms with Gasteiger partial charge in [-0.15, -0.1) is 0 Å². The van der Waals surface area contributed by atoms with Crippen LogP contribution in [0.3, 0.4) is 0 Å². The lowest BCUT2D eigenvalue weighted by molar-refractivity contribution is 0.118. The van der Waals surface area contributed by atoms with Crippen LogP contribution in [0.15, 0.2) is 18.2 Å². The van der Waals surface area contributed by atoms with Crippen molar-refractivity contribution in [2.45, 2.75) is 52.7 Å². The zero-order chi connectivity index (χ0) is 16.5. The lowest BCUT2D eigenvalue weighted by atomic mass is 10.1. The Morgan fingerprint density at radius 2 is 1.43 bits per heavy atom. The molecule has 1 aromatic rings. The molecule has 0 spiro atoms. The van der Waals surface area contributed by atoms with Crippen molar-refractivity contribution in [2.24, 2.45) is 0 Å². The van der Waals surface area contributed by atoms with Gasteiger partial charge in [-0.3, -0.25) is 9.79 Å². The molecule has 21 heavy (non-hydrogen) atoms. The number of hydrogen-bond donors (Lipinski definition) is 2. The summed E-state index contributed by atoms with van der Waals surface area (Å²) in [6, 6.07) is 4.55. The van der Waals surface area contributed by atoms with Gasteiger partial charge in [-0.1, -0.05) is 0 Å². The average molecular weight is 318 g/mol. The van der Waals surface area contributed by atoms with Crippen LogP contribution in [0.5, 0.6) is 17.2 Å². The summed E-state index contributed by atoms with van der Waals surface area (Å²) in [5.41, 5.74) is -0.946. The van der Waals surface area contributed by atoms with Crippen LogP contribution >= 0.6 is 7.82 Å². The lowest BCUT2D eigenvalue weighted by Crippen LogP contribution is -2.24. The molecule has 0 saturated carbocycles. The molecule has 120 valence electrons. The van der Waals surface area contributed by atoms with Gasteiger partial charge >= 0.3 is 7.82 Å². The van der Waals surface area contributed by atoms with E-state index in [0.29, 0.717) is 5.75 Å². The Balaban J connectivity index is 3.16. The maximum atomic E-state index is 11.0. The highest BCUT2D eigenvalue weighted by molar-refractivity contribution is 7.46. The Hall–Kier alpha value is -1.23. The van der Waals surface area contributed by atoms with Crippen LogP contribution in [-0.4, -0.2) is 21.0 Å². The van der Waals surface area contributed by atoms with Crippen molar-refractivity contribution in [1.29, 1.82) is 0 Å². The maximum absolute atomic E-state index is 11.0. The zero-order valence-electron chi connectivity index (χ0n) is 13.2. The Morgan fingerprint density at radius 1 is 0.905 bits per heavy atom. The van der Waals surface area contributed by atoms with Crippen LogP contribution in [0.2, 0.25) is 0 Å². The molecule has 0 aliphatic carbocycles. The molecule has 2 N–H and O–H groups in total. The first-order valence-electron chi connectivity index (χ1n) is 6.52. The molecule has 0 bridgehead atoms. The Labute approximate surface area is 125 Å². The zero-order valence-corrected chi connectivity index (χ0v) is 14.1. The van der Waals surface area contributed by atoms with Crippen LogP contribution in [0.25, 0.3) is 0 Å². The number of benzene rings is 1. The molecular formula is C14H23O6P. The highest BCUT2D eigenvalue weighted by Crippen LogP contribution is 2.44. The molecular weight excluding hydrogens is 295 g/mol. The van der Waals surface area contributed by atoms with E-state index in [9.17, 15) is 4.57 Å². The first kappa shape index (κ1) is 17.8. The molecule has 0 amide bonds. The number of hydrogen-bond acceptors (Lipinski definition) is 4. The highest BCUT2D eigenvalue weighted by atomic mass is 31.2. The number of ether oxygens (including phenoxy) is 2. The molecule has 6 nitrogen and oxygen atoms in total. The third-order valence-corrected chi connectivity index (χ3v) is 2.41. The number of phosphoric acid groups is 1. The molecule has 0 fully saturated rings. The summed E-state index contributed by atoms with van der Waals surface area (Å²) in [5, 5.41) is 0. The fourth-order valence-electron chi connectivity index (χ4n) is 1.52. The molecule has 0 heterocycles. The predicted molar refractivity (Wildman–Crippen MR) is 79.9 cm³/mol. The highest BCUT2D eigenvalue weighted by Gasteiger charge is 2.23. The summed E-state index contributed by atoms with van der Waals surface area (Å²) in [5.74, 6) is 0.715. The van der Waals surface area contributed by atoms with Gasteiger partial charge in [0.25, 0.3) is 0 Å². The summed E-state index contributed by atoms with van der Waals surface area (Å²) >= 11 is 0. The molecule has 1 rings (SSSR count). The number of rotatable bonds is 4. The second kappa shape index (κ2) is 5.87. The van der Waals surface area contributed by atoms with Crippen LogP contribution in [0, 0.1) is 0 Å². The van der Waals surface area contributed by atoms with Crippen molar-refractivity contribution in [3.05, 3.63) is 18.2 Å². The van der Waals surface area contributed by atoms with Crippen molar-refractivity contribution in [1.82, 2.24) is 0 Å². The second-order valence-corrected chi connectivity index (χ2v) is 7.78. The maximum Gasteiger partial charge on any atom is 0.524 e. The van der Waals surface area contributed by atoms with Gasteiger partial charge < -0.3 is 14.0 Å². The summed E-state index contributed by atoms with van der Waals surface area (Å²) in [6.07, 6.45) is 0. The minimum Gasteiger partial charge on any atom is -0.488 e. The van der Waals surface area contributed by atoms with E-state index in [2.05, 4.69) is 4.52 Å². The van der Waals surface area contributed by atoms with Crippen LogP contribution in [0.1, 0.15) is 41.5 Å². The second-order valence-electron chi connectivity index (χ2n) is 6.62. The van der Waals surface area contributed by atoms with Crippen LogP contribution in [0.4, 0.5) is 0 Å². The van der Waals surface area contributed by atoms with E-state index < -0.39 is 19.0 Å². The van der Waals surface area contributed by atoms with E-state index in [1.807, 2.05) is 41.5 Å². The van der Waals surface area contributed by atoms with Gasteiger partial charge in [-0.2, -0.15) is 0 Å². The van der Waals surface area contributed by atoms with Gasteiger partial charge in [0.15, 0.2) is 11.5 Å². The van der Waals surface area contributed by atoms with Crippen molar-refractivity contribution in [3.63, 3.8) is 0 Å². The van der Waals surface area contributed by atoms with E-state index in [1.54, 1.807) is 12.1 Å². The monoisotopic (exact) mass is 318 g/mol. The fourth-order valence-corrected chi connectivity index (χ4v) is 1.93. The van der Waals surface area contributed by atoms with Crippen molar-refractivity contribution in [2.75, 3.05) is 0 Å². The topological polar surface area (TPSA) is 85.2 Å². The predicted octanol–water partition coefficient (Wildman–Crippen LogP) is 3.51. The number of phosphoric ester groups is 1. The SMILES string of the molecule is CC(C)(C)Oc1ccc(OP(=O)(O)O)c(OC(C)(C)C)c1. The molecule has 0 atom stereocenters. The van der Waals surface area contributed by atoms with Gasteiger partial charge in [0.1, 0.15) is 17.0 Å². The van der Waals surface area contributed by atoms with Gasteiger partial charge in [-0.25, -0.2) is 4.57 Å². The van der Waals surface area contributed by atoms with Crippen molar-refractivity contribution < 1.29 is 28.3 Å². The third kappa shape index (κ3) is 7.37. The van der Waals surface area contributed by atoms with Crippen molar-refractivity contribution >= 4 is 7.82 Å². The van der Waals surface area contributed by atoms with E-state index in [4.69, 9.17) is 19.3 Å². The average Bonchev–Trinajstić information content (AvgIpc) is 2.15.